The highest BCUT2D eigenvalue weighted by molar-refractivity contribution is 9.10. The molecule has 0 aliphatic carbocycles. The number of halogens is 1. The number of para-hydroxylation sites is 1. The molecule has 4 nitrogen and oxygen atoms in total. The molecule has 4 aromatic rings. The Morgan fingerprint density at radius 2 is 2.08 bits per heavy atom. The summed E-state index contributed by atoms with van der Waals surface area (Å²) in [6.07, 6.45) is 5.49. The van der Waals surface area contributed by atoms with Crippen molar-refractivity contribution in [1.82, 2.24) is 9.55 Å². The van der Waals surface area contributed by atoms with Crippen LogP contribution in [0.2, 0.25) is 0 Å². The van der Waals surface area contributed by atoms with Gasteiger partial charge in [-0.05, 0) is 30.3 Å². The lowest BCUT2D eigenvalue weighted by Gasteiger charge is -1.99. The van der Waals surface area contributed by atoms with Gasteiger partial charge in [-0.2, -0.15) is 4.99 Å². The second kappa shape index (κ2) is 6.56. The van der Waals surface area contributed by atoms with Crippen molar-refractivity contribution in [2.75, 3.05) is 0 Å². The van der Waals surface area contributed by atoms with Crippen molar-refractivity contribution >= 4 is 64.9 Å². The quantitative estimate of drug-likeness (QED) is 0.443. The minimum atomic E-state index is -0.349. The first-order valence-electron chi connectivity index (χ1n) is 7.33. The number of fused-ring (bicyclic) bond motifs is 2. The number of aromatic nitrogens is 2. The third-order valence-electron chi connectivity index (χ3n) is 3.57. The molecule has 0 radical (unpaired) electrons. The fraction of sp³-hybridized carbons (Fsp3) is 0.0556. The Hall–Kier alpha value is -2.27. The zero-order chi connectivity index (χ0) is 17.4. The van der Waals surface area contributed by atoms with Gasteiger partial charge in [0.1, 0.15) is 0 Å². The summed E-state index contributed by atoms with van der Waals surface area (Å²) in [4.78, 5) is 21.8. The van der Waals surface area contributed by atoms with Gasteiger partial charge >= 0.3 is 5.91 Å². The van der Waals surface area contributed by atoms with Crippen LogP contribution >= 0.6 is 38.6 Å². The summed E-state index contributed by atoms with van der Waals surface area (Å²) in [5.41, 5.74) is 1.77. The third kappa shape index (κ3) is 3.04. The highest BCUT2D eigenvalue weighted by atomic mass is 79.9. The highest BCUT2D eigenvalue weighted by Gasteiger charge is 2.13. The zero-order valence-electron chi connectivity index (χ0n) is 12.8. The summed E-state index contributed by atoms with van der Waals surface area (Å²) in [6, 6.07) is 13.6. The average Bonchev–Trinajstić information content (AvgIpc) is 3.17. The normalized spacial score (nSPS) is 11.9. The molecule has 25 heavy (non-hydrogen) atoms. The Balaban J connectivity index is 1.86. The van der Waals surface area contributed by atoms with Crippen LogP contribution in [-0.2, 0) is 6.54 Å². The number of benzene rings is 2. The minimum absolute atomic E-state index is 0.349. The Bertz CT molecular complexity index is 1190. The number of carbonyl (C=O) groups excluding carboxylic acids is 1. The molecule has 0 aliphatic heterocycles. The number of nitrogens with zero attached hydrogens (tertiary/aromatic N) is 3. The minimum Gasteiger partial charge on any atom is -0.305 e. The summed E-state index contributed by atoms with van der Waals surface area (Å²) >= 11 is 6.24. The lowest BCUT2D eigenvalue weighted by molar-refractivity contribution is 0.0997. The van der Waals surface area contributed by atoms with Crippen LogP contribution in [0.1, 0.15) is 9.80 Å². The Morgan fingerprint density at radius 1 is 1.24 bits per heavy atom. The molecular formula is C18H10BrN3OS2. The van der Waals surface area contributed by atoms with Crippen molar-refractivity contribution in [1.29, 1.82) is 0 Å². The van der Waals surface area contributed by atoms with E-state index in [1.165, 1.54) is 22.7 Å². The largest absolute Gasteiger partial charge is 0.308 e. The van der Waals surface area contributed by atoms with Crippen molar-refractivity contribution in [3.8, 4) is 12.3 Å². The van der Waals surface area contributed by atoms with Gasteiger partial charge in [-0.3, -0.25) is 4.79 Å². The number of amides is 1. The van der Waals surface area contributed by atoms with Gasteiger partial charge in [-0.15, -0.1) is 17.8 Å². The fourth-order valence-electron chi connectivity index (χ4n) is 2.47. The van der Waals surface area contributed by atoms with Crippen LogP contribution in [0.25, 0.3) is 20.4 Å². The van der Waals surface area contributed by atoms with Gasteiger partial charge in [0.25, 0.3) is 0 Å². The molecule has 0 atom stereocenters. The van der Waals surface area contributed by atoms with Crippen LogP contribution in [-0.4, -0.2) is 15.5 Å². The lowest BCUT2D eigenvalue weighted by Crippen LogP contribution is -2.16. The molecule has 7 heteroatoms. The Kier molecular flexibility index (Phi) is 4.25. The monoisotopic (exact) mass is 427 g/mol. The van der Waals surface area contributed by atoms with Crippen molar-refractivity contribution < 1.29 is 4.79 Å². The molecule has 0 N–H and O–H groups in total. The standard InChI is InChI=1S/C18H10BrN3OS2/c1-2-9-22-13-8-7-11(19)10-15(13)25-18(22)21-16(23)17-20-12-5-3-4-6-14(12)24-17/h1,3-8,10H,9H2. The van der Waals surface area contributed by atoms with E-state index in [9.17, 15) is 4.79 Å². The number of hydrogen-bond acceptors (Lipinski definition) is 4. The predicted molar refractivity (Wildman–Crippen MR) is 106 cm³/mol. The van der Waals surface area contributed by atoms with E-state index in [1.807, 2.05) is 47.0 Å². The van der Waals surface area contributed by atoms with E-state index < -0.39 is 0 Å². The molecule has 0 fully saturated rings. The van der Waals surface area contributed by atoms with Crippen LogP contribution in [0.4, 0.5) is 0 Å². The lowest BCUT2D eigenvalue weighted by atomic mass is 10.3. The Labute approximate surface area is 159 Å². The molecule has 0 bridgehead atoms. The van der Waals surface area contributed by atoms with E-state index >= 15 is 0 Å². The van der Waals surface area contributed by atoms with Crippen LogP contribution in [0, 0.1) is 12.3 Å². The van der Waals surface area contributed by atoms with E-state index in [4.69, 9.17) is 6.42 Å². The number of rotatable bonds is 2. The zero-order valence-corrected chi connectivity index (χ0v) is 16.0. The molecule has 122 valence electrons. The molecule has 1 amide bonds. The maximum Gasteiger partial charge on any atom is 0.308 e. The molecule has 0 unspecified atom stereocenters. The molecule has 0 spiro atoms. The summed E-state index contributed by atoms with van der Waals surface area (Å²) in [5.74, 6) is 2.28. The molecule has 2 heterocycles. The first-order chi connectivity index (χ1) is 12.2. The van der Waals surface area contributed by atoms with Crippen LogP contribution < -0.4 is 4.80 Å². The molecule has 0 saturated heterocycles. The van der Waals surface area contributed by atoms with E-state index in [0.717, 1.165) is 24.9 Å². The number of thiazole rings is 2. The second-order valence-electron chi connectivity index (χ2n) is 5.19. The van der Waals surface area contributed by atoms with Crippen molar-refractivity contribution in [3.05, 3.63) is 56.7 Å². The van der Waals surface area contributed by atoms with Crippen molar-refractivity contribution in [3.63, 3.8) is 0 Å². The molecule has 2 aromatic heterocycles. The summed E-state index contributed by atoms with van der Waals surface area (Å²) < 4.78 is 4.83. The molecule has 2 aromatic carbocycles. The van der Waals surface area contributed by atoms with Gasteiger partial charge in [-0.25, -0.2) is 4.98 Å². The van der Waals surface area contributed by atoms with Crippen LogP contribution in [0.3, 0.4) is 0 Å². The first-order valence-corrected chi connectivity index (χ1v) is 9.75. The first kappa shape index (κ1) is 16.2. The maximum atomic E-state index is 12.6. The van der Waals surface area contributed by atoms with Crippen molar-refractivity contribution in [2.24, 2.45) is 4.99 Å². The maximum absolute atomic E-state index is 12.6. The molecule has 0 saturated carbocycles. The Morgan fingerprint density at radius 3 is 2.88 bits per heavy atom. The average molecular weight is 428 g/mol. The topological polar surface area (TPSA) is 47.2 Å². The van der Waals surface area contributed by atoms with Gasteiger partial charge in [0.15, 0.2) is 9.81 Å². The van der Waals surface area contributed by atoms with Gasteiger partial charge in [0, 0.05) is 4.47 Å². The van der Waals surface area contributed by atoms with E-state index in [1.54, 1.807) is 0 Å². The second-order valence-corrected chi connectivity index (χ2v) is 8.15. The van der Waals surface area contributed by atoms with Gasteiger partial charge in [0.05, 0.1) is 27.0 Å². The van der Waals surface area contributed by atoms with Crippen LogP contribution in [0.15, 0.2) is 51.9 Å². The van der Waals surface area contributed by atoms with Gasteiger partial charge < -0.3 is 4.57 Å². The van der Waals surface area contributed by atoms with E-state index in [2.05, 4.69) is 31.8 Å². The van der Waals surface area contributed by atoms with E-state index in [-0.39, 0.29) is 5.91 Å². The highest BCUT2D eigenvalue weighted by Crippen LogP contribution is 2.24. The molecular weight excluding hydrogens is 418 g/mol. The van der Waals surface area contributed by atoms with Gasteiger partial charge in [0.2, 0.25) is 0 Å². The third-order valence-corrected chi connectivity index (χ3v) is 6.13. The number of hydrogen-bond donors (Lipinski definition) is 0. The van der Waals surface area contributed by atoms with Crippen LogP contribution in [0.5, 0.6) is 0 Å². The van der Waals surface area contributed by atoms with Crippen molar-refractivity contribution in [2.45, 2.75) is 6.54 Å². The van der Waals surface area contributed by atoms with E-state index in [0.29, 0.717) is 16.4 Å². The number of carbonyl (C=O) groups is 1. The molecule has 4 rings (SSSR count). The van der Waals surface area contributed by atoms with Gasteiger partial charge in [-0.1, -0.05) is 45.3 Å². The molecule has 0 aliphatic rings. The SMILES string of the molecule is C#CCn1c(=NC(=O)c2nc3ccccc3s2)sc2cc(Br)ccc21. The fourth-order valence-corrected chi connectivity index (χ4v) is 4.90. The predicted octanol–water partition coefficient (Wildman–Crippen LogP) is 4.45. The summed E-state index contributed by atoms with van der Waals surface area (Å²) in [6.45, 7) is 0.355. The smallest absolute Gasteiger partial charge is 0.305 e. The summed E-state index contributed by atoms with van der Waals surface area (Å²) in [5, 5.41) is 0.382. The summed E-state index contributed by atoms with van der Waals surface area (Å²) in [7, 11) is 0. The number of terminal acetylenes is 1.